The number of nitrogens with two attached hydrogens (primary N) is 1. The Hall–Kier alpha value is -1.50. The topological polar surface area (TPSA) is 116 Å². The van der Waals surface area contributed by atoms with Crippen LogP contribution in [0.1, 0.15) is 56.6 Å². The molecule has 9 heteroatoms. The molecule has 0 unspecified atom stereocenters. The van der Waals surface area contributed by atoms with Crippen LogP contribution in [0.5, 0.6) is 0 Å². The Labute approximate surface area is 160 Å². The van der Waals surface area contributed by atoms with Gasteiger partial charge in [-0.2, -0.15) is 0 Å². The molecule has 0 amide bonds. The van der Waals surface area contributed by atoms with Crippen molar-refractivity contribution in [1.29, 1.82) is 0 Å². The monoisotopic (exact) mass is 395 g/mol. The summed E-state index contributed by atoms with van der Waals surface area (Å²) in [6, 6.07) is 0. The molecule has 2 aromatic rings. The van der Waals surface area contributed by atoms with Crippen molar-refractivity contribution < 1.29 is 13.6 Å². The summed E-state index contributed by atoms with van der Waals surface area (Å²) in [6.07, 6.45) is 10.2. The average Bonchev–Trinajstić information content (AvgIpc) is 3.10. The van der Waals surface area contributed by atoms with Gasteiger partial charge in [-0.05, 0) is 18.8 Å². The van der Waals surface area contributed by atoms with E-state index in [1.807, 2.05) is 0 Å². The fourth-order valence-corrected chi connectivity index (χ4v) is 4.81. The number of H-pyrrole nitrogens is 1. The van der Waals surface area contributed by atoms with Crippen LogP contribution in [0, 0.1) is 5.92 Å². The minimum absolute atomic E-state index is 0.338. The molecule has 1 fully saturated rings. The lowest BCUT2D eigenvalue weighted by molar-refractivity contribution is 0.275. The van der Waals surface area contributed by atoms with E-state index in [4.69, 9.17) is 14.8 Å². The number of hydrogen-bond acceptors (Lipinski definition) is 7. The SMILES string of the molecule is COP(=O)(CCCc1nc2nc(CCC3CCCCC3)nc(N)c2[nH]1)OC. The van der Waals surface area contributed by atoms with E-state index in [9.17, 15) is 4.57 Å². The minimum atomic E-state index is -2.99. The zero-order valence-electron chi connectivity index (χ0n) is 16.2. The number of nitrogen functional groups attached to an aromatic ring is 1. The van der Waals surface area contributed by atoms with Gasteiger partial charge >= 0.3 is 7.60 Å². The Bertz CT molecular complexity index is 796. The van der Waals surface area contributed by atoms with Crippen molar-refractivity contribution in [2.45, 2.75) is 57.8 Å². The van der Waals surface area contributed by atoms with Gasteiger partial charge in [-0.1, -0.05) is 32.1 Å². The second kappa shape index (κ2) is 9.13. The molecular formula is C18H30N5O3P. The van der Waals surface area contributed by atoms with Gasteiger partial charge in [-0.25, -0.2) is 15.0 Å². The largest absolute Gasteiger partial charge is 0.382 e. The standard InChI is InChI=1S/C18H30N5O3P/c1-25-27(24,26-2)12-6-9-14-20-16-17(19)21-15(23-18(16)22-14)11-10-13-7-4-3-5-8-13/h13H,3-12H2,1-2H3,(H3,19,20,21,22,23). The van der Waals surface area contributed by atoms with E-state index in [-0.39, 0.29) is 0 Å². The maximum absolute atomic E-state index is 12.1. The van der Waals surface area contributed by atoms with Crippen molar-refractivity contribution in [1.82, 2.24) is 19.9 Å². The van der Waals surface area contributed by atoms with Gasteiger partial charge in [-0.3, -0.25) is 4.57 Å². The molecule has 150 valence electrons. The highest BCUT2D eigenvalue weighted by molar-refractivity contribution is 7.53. The Morgan fingerprint density at radius 3 is 2.56 bits per heavy atom. The second-order valence-electron chi connectivity index (χ2n) is 7.25. The molecular weight excluding hydrogens is 365 g/mol. The van der Waals surface area contributed by atoms with Crippen LogP contribution in [0.2, 0.25) is 0 Å². The van der Waals surface area contributed by atoms with Crippen molar-refractivity contribution in [2.24, 2.45) is 5.92 Å². The number of aromatic nitrogens is 4. The van der Waals surface area contributed by atoms with Crippen LogP contribution in [-0.2, 0) is 26.5 Å². The molecule has 1 aliphatic carbocycles. The van der Waals surface area contributed by atoms with Gasteiger partial charge in [0, 0.05) is 27.1 Å². The molecule has 8 nitrogen and oxygen atoms in total. The van der Waals surface area contributed by atoms with E-state index in [0.29, 0.717) is 36.0 Å². The number of aromatic amines is 1. The summed E-state index contributed by atoms with van der Waals surface area (Å²) in [5.74, 6) is 2.75. The number of nitrogens with zero attached hydrogens (tertiary/aromatic N) is 3. The molecule has 3 rings (SSSR count). The summed E-state index contributed by atoms with van der Waals surface area (Å²) in [5.41, 5.74) is 7.40. The highest BCUT2D eigenvalue weighted by atomic mass is 31.2. The molecule has 1 aliphatic rings. The normalized spacial score (nSPS) is 16.2. The second-order valence-corrected chi connectivity index (χ2v) is 9.65. The predicted octanol–water partition coefficient (Wildman–Crippen LogP) is 3.87. The highest BCUT2D eigenvalue weighted by Crippen LogP contribution is 2.46. The van der Waals surface area contributed by atoms with E-state index in [2.05, 4.69) is 19.9 Å². The van der Waals surface area contributed by atoms with Crippen LogP contribution in [-0.4, -0.2) is 40.3 Å². The van der Waals surface area contributed by atoms with Crippen LogP contribution in [0.15, 0.2) is 0 Å². The molecule has 0 atom stereocenters. The maximum atomic E-state index is 12.1. The summed E-state index contributed by atoms with van der Waals surface area (Å²) in [7, 11) is -0.188. The van der Waals surface area contributed by atoms with Gasteiger partial charge in [0.2, 0.25) is 0 Å². The molecule has 1 saturated carbocycles. The third-order valence-electron chi connectivity index (χ3n) is 5.38. The van der Waals surface area contributed by atoms with Gasteiger partial charge in [-0.15, -0.1) is 0 Å². The summed E-state index contributed by atoms with van der Waals surface area (Å²) in [6.45, 7) is 0. The number of imidazole rings is 1. The van der Waals surface area contributed by atoms with E-state index >= 15 is 0 Å². The Balaban J connectivity index is 1.62. The molecule has 3 N–H and O–H groups in total. The van der Waals surface area contributed by atoms with Gasteiger partial charge in [0.15, 0.2) is 11.5 Å². The number of nitrogens with one attached hydrogen (secondary N) is 1. The summed E-state index contributed by atoms with van der Waals surface area (Å²) < 4.78 is 22.0. The molecule has 2 heterocycles. The Kier molecular flexibility index (Phi) is 6.84. The lowest BCUT2D eigenvalue weighted by atomic mass is 9.86. The summed E-state index contributed by atoms with van der Waals surface area (Å²) in [5, 5.41) is 0. The highest BCUT2D eigenvalue weighted by Gasteiger charge is 2.21. The zero-order valence-corrected chi connectivity index (χ0v) is 17.1. The molecule has 0 spiro atoms. The van der Waals surface area contributed by atoms with Crippen molar-refractivity contribution in [3.05, 3.63) is 11.6 Å². The first-order valence-corrected chi connectivity index (χ1v) is 11.5. The van der Waals surface area contributed by atoms with Crippen molar-refractivity contribution in [3.63, 3.8) is 0 Å². The van der Waals surface area contributed by atoms with Crippen molar-refractivity contribution in [3.8, 4) is 0 Å². The average molecular weight is 395 g/mol. The van der Waals surface area contributed by atoms with Crippen LogP contribution < -0.4 is 5.73 Å². The first-order chi connectivity index (χ1) is 13.0. The van der Waals surface area contributed by atoms with Gasteiger partial charge in [0.05, 0.1) is 6.16 Å². The summed E-state index contributed by atoms with van der Waals surface area (Å²) >= 11 is 0. The first kappa shape index (κ1) is 20.2. The lowest BCUT2D eigenvalue weighted by Gasteiger charge is -2.20. The molecule has 0 bridgehead atoms. The Morgan fingerprint density at radius 1 is 1.11 bits per heavy atom. The summed E-state index contributed by atoms with van der Waals surface area (Å²) in [4.78, 5) is 16.8. The number of hydrogen-bond donors (Lipinski definition) is 2. The van der Waals surface area contributed by atoms with Crippen LogP contribution in [0.25, 0.3) is 11.2 Å². The zero-order chi connectivity index (χ0) is 19.3. The van der Waals surface area contributed by atoms with E-state index < -0.39 is 7.60 Å². The van der Waals surface area contributed by atoms with Crippen molar-refractivity contribution in [2.75, 3.05) is 26.1 Å². The quantitative estimate of drug-likeness (QED) is 0.619. The molecule has 2 aromatic heterocycles. The van der Waals surface area contributed by atoms with Crippen molar-refractivity contribution >= 4 is 24.6 Å². The third-order valence-corrected chi connectivity index (χ3v) is 7.35. The molecule has 27 heavy (non-hydrogen) atoms. The third kappa shape index (κ3) is 5.27. The van der Waals surface area contributed by atoms with Crippen LogP contribution in [0.3, 0.4) is 0 Å². The van der Waals surface area contributed by atoms with Crippen LogP contribution in [0.4, 0.5) is 5.82 Å². The van der Waals surface area contributed by atoms with Crippen LogP contribution >= 0.6 is 7.60 Å². The number of anilines is 1. The van der Waals surface area contributed by atoms with E-state index in [1.165, 1.54) is 46.3 Å². The maximum Gasteiger partial charge on any atom is 0.330 e. The van der Waals surface area contributed by atoms with Gasteiger partial charge in [0.25, 0.3) is 0 Å². The number of fused-ring (bicyclic) bond motifs is 1. The molecule has 0 aliphatic heterocycles. The predicted molar refractivity (Wildman–Crippen MR) is 106 cm³/mol. The molecule has 0 radical (unpaired) electrons. The molecule has 0 saturated heterocycles. The van der Waals surface area contributed by atoms with E-state index in [1.54, 1.807) is 0 Å². The first-order valence-electron chi connectivity index (χ1n) is 9.74. The number of rotatable bonds is 9. The number of aryl methyl sites for hydroxylation is 2. The van der Waals surface area contributed by atoms with Gasteiger partial charge < -0.3 is 19.8 Å². The lowest BCUT2D eigenvalue weighted by Crippen LogP contribution is -2.09. The smallest absolute Gasteiger partial charge is 0.330 e. The Morgan fingerprint density at radius 2 is 1.85 bits per heavy atom. The minimum Gasteiger partial charge on any atom is -0.382 e. The molecule has 0 aromatic carbocycles. The fraction of sp³-hybridized carbons (Fsp3) is 0.722. The fourth-order valence-electron chi connectivity index (χ4n) is 3.75. The van der Waals surface area contributed by atoms with Gasteiger partial charge in [0.1, 0.15) is 17.2 Å². The van der Waals surface area contributed by atoms with E-state index in [0.717, 1.165) is 30.4 Å².